The van der Waals surface area contributed by atoms with Gasteiger partial charge in [0.2, 0.25) is 0 Å². The van der Waals surface area contributed by atoms with E-state index in [-0.39, 0.29) is 5.91 Å². The Morgan fingerprint density at radius 1 is 1.61 bits per heavy atom. The predicted molar refractivity (Wildman–Crippen MR) is 67.1 cm³/mol. The van der Waals surface area contributed by atoms with Crippen LogP contribution in [0.2, 0.25) is 0 Å². The molecule has 0 atom stereocenters. The highest BCUT2D eigenvalue weighted by atomic mass is 32.1. The molecule has 0 saturated heterocycles. The number of nitrogens with two attached hydrogens (primary N) is 1. The number of rotatable bonds is 5. The molecule has 0 unspecified atom stereocenters. The lowest BCUT2D eigenvalue weighted by Crippen LogP contribution is -2.22. The number of hydrogen-bond donors (Lipinski definition) is 2. The fraction of sp³-hybridized carbons (Fsp3) is 0.400. The van der Waals surface area contributed by atoms with Gasteiger partial charge in [-0.05, 0) is 6.92 Å². The molecule has 1 amide bonds. The van der Waals surface area contributed by atoms with E-state index in [2.05, 4.69) is 20.6 Å². The van der Waals surface area contributed by atoms with Gasteiger partial charge in [-0.1, -0.05) is 5.21 Å². The van der Waals surface area contributed by atoms with E-state index in [1.54, 1.807) is 28.4 Å². The highest BCUT2D eigenvalue weighted by Crippen LogP contribution is 2.10. The zero-order valence-electron chi connectivity index (χ0n) is 9.96. The number of thiazole rings is 1. The molecule has 7 nitrogen and oxygen atoms in total. The van der Waals surface area contributed by atoms with Crippen LogP contribution in [0, 0.1) is 6.92 Å². The topological polar surface area (TPSA) is 98.7 Å². The van der Waals surface area contributed by atoms with Gasteiger partial charge in [-0.15, -0.1) is 16.4 Å². The fourth-order valence-corrected chi connectivity index (χ4v) is 2.12. The number of carbonyl (C=O) groups excluding carboxylic acids is 1. The molecule has 8 heteroatoms. The largest absolute Gasteiger partial charge is 0.346 e. The van der Waals surface area contributed by atoms with Gasteiger partial charge in [0.05, 0.1) is 24.3 Å². The molecule has 3 N–H and O–H groups in total. The Bertz CT molecular complexity index is 534. The standard InChI is InChI=1S/C10H14N6OS/c1-7-12-4-8(18-7)5-13-10(17)9-6-16(3-2-11)15-14-9/h4,6H,2-3,5,11H2,1H3,(H,13,17). The molecule has 0 aliphatic rings. The third-order valence-corrected chi connectivity index (χ3v) is 3.13. The highest BCUT2D eigenvalue weighted by molar-refractivity contribution is 7.11. The Kier molecular flexibility index (Phi) is 4.00. The number of nitrogens with zero attached hydrogens (tertiary/aromatic N) is 4. The Hall–Kier alpha value is -1.80. The molecule has 0 aliphatic heterocycles. The third-order valence-electron chi connectivity index (χ3n) is 2.22. The average molecular weight is 266 g/mol. The first kappa shape index (κ1) is 12.7. The van der Waals surface area contributed by atoms with Crippen molar-refractivity contribution in [1.29, 1.82) is 0 Å². The van der Waals surface area contributed by atoms with Gasteiger partial charge in [-0.3, -0.25) is 9.48 Å². The van der Waals surface area contributed by atoms with Gasteiger partial charge in [-0.2, -0.15) is 0 Å². The van der Waals surface area contributed by atoms with Crippen LogP contribution in [0.25, 0.3) is 0 Å². The molecule has 0 spiro atoms. The fourth-order valence-electron chi connectivity index (χ4n) is 1.39. The van der Waals surface area contributed by atoms with Crippen molar-refractivity contribution in [2.24, 2.45) is 5.73 Å². The minimum Gasteiger partial charge on any atom is -0.346 e. The van der Waals surface area contributed by atoms with Crippen LogP contribution in [-0.2, 0) is 13.1 Å². The van der Waals surface area contributed by atoms with Crippen LogP contribution in [0.3, 0.4) is 0 Å². The van der Waals surface area contributed by atoms with E-state index in [1.165, 1.54) is 0 Å². The second-order valence-corrected chi connectivity index (χ2v) is 5.00. The molecule has 2 aromatic rings. The maximum Gasteiger partial charge on any atom is 0.273 e. The predicted octanol–water partition coefficient (Wildman–Crippen LogP) is -0.0683. The molecular weight excluding hydrogens is 252 g/mol. The smallest absolute Gasteiger partial charge is 0.273 e. The summed E-state index contributed by atoms with van der Waals surface area (Å²) in [5.41, 5.74) is 5.68. The van der Waals surface area contributed by atoms with E-state index in [0.29, 0.717) is 25.3 Å². The highest BCUT2D eigenvalue weighted by Gasteiger charge is 2.10. The molecular formula is C10H14N6OS. The van der Waals surface area contributed by atoms with Crippen LogP contribution in [0.5, 0.6) is 0 Å². The van der Waals surface area contributed by atoms with Crippen molar-refractivity contribution in [3.05, 3.63) is 28.0 Å². The monoisotopic (exact) mass is 266 g/mol. The quantitative estimate of drug-likeness (QED) is 0.789. The lowest BCUT2D eigenvalue weighted by Gasteiger charge is -1.99. The Morgan fingerprint density at radius 2 is 2.44 bits per heavy atom. The van der Waals surface area contributed by atoms with E-state index in [9.17, 15) is 4.79 Å². The molecule has 18 heavy (non-hydrogen) atoms. The minimum absolute atomic E-state index is 0.246. The molecule has 0 saturated carbocycles. The maximum absolute atomic E-state index is 11.8. The van der Waals surface area contributed by atoms with Crippen LogP contribution in [0.15, 0.2) is 12.4 Å². The van der Waals surface area contributed by atoms with Crippen LogP contribution in [0.4, 0.5) is 0 Å². The summed E-state index contributed by atoms with van der Waals surface area (Å²) in [5, 5.41) is 11.3. The van der Waals surface area contributed by atoms with Crippen LogP contribution in [-0.4, -0.2) is 32.4 Å². The number of aryl methyl sites for hydroxylation is 1. The summed E-state index contributed by atoms with van der Waals surface area (Å²) in [5.74, 6) is -0.246. The van der Waals surface area contributed by atoms with Crippen molar-refractivity contribution in [1.82, 2.24) is 25.3 Å². The van der Waals surface area contributed by atoms with Crippen LogP contribution >= 0.6 is 11.3 Å². The lowest BCUT2D eigenvalue weighted by atomic mass is 10.4. The Balaban J connectivity index is 1.90. The van der Waals surface area contributed by atoms with Crippen LogP contribution in [0.1, 0.15) is 20.4 Å². The second kappa shape index (κ2) is 5.69. The number of amides is 1. The summed E-state index contributed by atoms with van der Waals surface area (Å²) >= 11 is 1.55. The first-order valence-corrected chi connectivity index (χ1v) is 6.30. The second-order valence-electron chi connectivity index (χ2n) is 3.68. The molecule has 0 radical (unpaired) electrons. The Labute approximate surface area is 108 Å². The van der Waals surface area contributed by atoms with E-state index in [0.717, 1.165) is 9.88 Å². The van der Waals surface area contributed by atoms with E-state index < -0.39 is 0 Å². The minimum atomic E-state index is -0.246. The third kappa shape index (κ3) is 3.11. The molecule has 2 heterocycles. The van der Waals surface area contributed by atoms with Crippen LogP contribution < -0.4 is 11.1 Å². The molecule has 2 rings (SSSR count). The van der Waals surface area contributed by atoms with Crippen molar-refractivity contribution in [3.63, 3.8) is 0 Å². The van der Waals surface area contributed by atoms with Gasteiger partial charge in [0.1, 0.15) is 0 Å². The number of nitrogens with one attached hydrogen (secondary N) is 1. The van der Waals surface area contributed by atoms with Gasteiger partial charge >= 0.3 is 0 Å². The molecule has 2 aromatic heterocycles. The number of aromatic nitrogens is 4. The summed E-state index contributed by atoms with van der Waals surface area (Å²) < 4.78 is 1.55. The number of carbonyl (C=O) groups is 1. The summed E-state index contributed by atoms with van der Waals surface area (Å²) in [6.45, 7) is 3.39. The SMILES string of the molecule is Cc1ncc(CNC(=O)c2cn(CCN)nn2)s1. The maximum atomic E-state index is 11.8. The summed E-state index contributed by atoms with van der Waals surface area (Å²) in [4.78, 5) is 16.9. The Morgan fingerprint density at radius 3 is 3.11 bits per heavy atom. The summed E-state index contributed by atoms with van der Waals surface area (Å²) in [6.07, 6.45) is 3.34. The summed E-state index contributed by atoms with van der Waals surface area (Å²) in [7, 11) is 0. The van der Waals surface area contributed by atoms with Gasteiger partial charge in [-0.25, -0.2) is 4.98 Å². The van der Waals surface area contributed by atoms with Gasteiger partial charge in [0.25, 0.3) is 5.91 Å². The normalized spacial score (nSPS) is 10.6. The first-order chi connectivity index (χ1) is 8.69. The van der Waals surface area contributed by atoms with Crippen molar-refractivity contribution in [2.45, 2.75) is 20.0 Å². The van der Waals surface area contributed by atoms with E-state index in [4.69, 9.17) is 5.73 Å². The molecule has 0 aliphatic carbocycles. The molecule has 96 valence electrons. The zero-order valence-corrected chi connectivity index (χ0v) is 10.8. The van der Waals surface area contributed by atoms with E-state index in [1.807, 2.05) is 6.92 Å². The lowest BCUT2D eigenvalue weighted by molar-refractivity contribution is 0.0946. The van der Waals surface area contributed by atoms with Crippen molar-refractivity contribution < 1.29 is 4.79 Å². The van der Waals surface area contributed by atoms with E-state index >= 15 is 0 Å². The van der Waals surface area contributed by atoms with Gasteiger partial charge < -0.3 is 11.1 Å². The average Bonchev–Trinajstić information content (AvgIpc) is 2.96. The zero-order chi connectivity index (χ0) is 13.0. The molecule has 0 aromatic carbocycles. The van der Waals surface area contributed by atoms with Gasteiger partial charge in [0.15, 0.2) is 5.69 Å². The first-order valence-electron chi connectivity index (χ1n) is 5.48. The number of hydrogen-bond acceptors (Lipinski definition) is 6. The summed E-state index contributed by atoms with van der Waals surface area (Å²) in [6, 6.07) is 0. The molecule has 0 fully saturated rings. The van der Waals surface area contributed by atoms with Crippen molar-refractivity contribution in [3.8, 4) is 0 Å². The molecule has 0 bridgehead atoms. The van der Waals surface area contributed by atoms with Crippen molar-refractivity contribution in [2.75, 3.05) is 6.54 Å². The van der Waals surface area contributed by atoms with Gasteiger partial charge in [0, 0.05) is 17.6 Å². The van der Waals surface area contributed by atoms with Crippen molar-refractivity contribution >= 4 is 17.2 Å².